The lowest BCUT2D eigenvalue weighted by atomic mass is 9.71. The molecular formula is C53H55F3N10O5. The van der Waals surface area contributed by atoms with Crippen LogP contribution in [0.1, 0.15) is 72.9 Å². The second-order valence-corrected chi connectivity index (χ2v) is 20.8. The van der Waals surface area contributed by atoms with Gasteiger partial charge in [-0.15, -0.1) is 6.42 Å². The average molecular weight is 969 g/mol. The van der Waals surface area contributed by atoms with E-state index in [1.54, 1.807) is 18.3 Å². The molecule has 3 amide bonds. The smallest absolute Gasteiger partial charge is 0.319 e. The summed E-state index contributed by atoms with van der Waals surface area (Å²) in [7, 11) is 0. The number of terminal acetylenes is 1. The second-order valence-electron chi connectivity index (χ2n) is 20.8. The van der Waals surface area contributed by atoms with E-state index < -0.39 is 29.4 Å². The van der Waals surface area contributed by atoms with Crippen LogP contribution in [0.25, 0.3) is 32.9 Å². The Bertz CT molecular complexity index is 3040. The summed E-state index contributed by atoms with van der Waals surface area (Å²) in [6.45, 7) is 8.85. The highest BCUT2D eigenvalue weighted by Gasteiger charge is 2.46. The zero-order valence-corrected chi connectivity index (χ0v) is 39.4. The minimum Gasteiger partial charge on any atom is -0.508 e. The number of carbonyl (C=O) groups is 3. The molecule has 18 heteroatoms. The molecule has 9 heterocycles. The lowest BCUT2D eigenvalue weighted by Crippen LogP contribution is -2.61. The molecule has 3 N–H and O–H groups in total. The Morgan fingerprint density at radius 3 is 2.39 bits per heavy atom. The van der Waals surface area contributed by atoms with E-state index >= 15 is 13.2 Å². The van der Waals surface area contributed by atoms with Crippen molar-refractivity contribution < 1.29 is 37.4 Å². The zero-order valence-electron chi connectivity index (χ0n) is 39.4. The summed E-state index contributed by atoms with van der Waals surface area (Å²) < 4.78 is 54.3. The Balaban J connectivity index is 0.659. The van der Waals surface area contributed by atoms with Gasteiger partial charge in [-0.05, 0) is 105 Å². The summed E-state index contributed by atoms with van der Waals surface area (Å²) in [6, 6.07) is 8.75. The lowest BCUT2D eigenvalue weighted by Gasteiger charge is -2.55. The number of nitrogens with zero attached hydrogens (tertiary/aromatic N) is 8. The summed E-state index contributed by atoms with van der Waals surface area (Å²) in [6.07, 6.45) is 13.8. The van der Waals surface area contributed by atoms with Gasteiger partial charge in [-0.1, -0.05) is 12.0 Å². The number of piperidine rings is 3. The number of amides is 3. The number of ether oxygens (including phenoxy) is 1. The van der Waals surface area contributed by atoms with Crippen LogP contribution in [0.3, 0.4) is 0 Å². The number of halogens is 3. The number of piperazine rings is 1. The van der Waals surface area contributed by atoms with Gasteiger partial charge in [0.2, 0.25) is 11.8 Å². The molecule has 12 rings (SSSR count). The molecule has 1 spiro atoms. The summed E-state index contributed by atoms with van der Waals surface area (Å²) in [5.41, 5.74) is 1.40. The standard InChI is InChI=1S/C53H55F3N10O5/c1-2-35-40(54)7-3-31-21-34(67)22-37(44(31)35)47-46(56)48-38(23-57-47)49(65-25-32-4-5-33(26-65)58-32)61-52(60-48)71-20-19-62-17-13-53(14-18-62)28-63(29-53)24-30-11-15-64(16-12-30)41-8-6-36-39(45(41)55)27-66(51(36)70)42-9-10-43(68)59-50(42)69/h1,3,6-8,21-23,30,32-33,42,58,67H,4-5,9-20,24-29H2,(H,59,68,69). The number of hydrogen-bond donors (Lipinski definition) is 3. The minimum atomic E-state index is -0.782. The fraction of sp³-hybridized carbons (Fsp3) is 0.472. The van der Waals surface area contributed by atoms with E-state index in [0.717, 1.165) is 84.3 Å². The van der Waals surface area contributed by atoms with E-state index in [0.29, 0.717) is 65.4 Å². The lowest BCUT2D eigenvalue weighted by molar-refractivity contribution is -0.136. The van der Waals surface area contributed by atoms with E-state index in [9.17, 15) is 19.5 Å². The van der Waals surface area contributed by atoms with Crippen molar-refractivity contribution in [1.29, 1.82) is 0 Å². The Labute approximate surface area is 408 Å². The van der Waals surface area contributed by atoms with Crippen LogP contribution < -0.4 is 25.2 Å². The van der Waals surface area contributed by atoms with Gasteiger partial charge in [0.1, 0.15) is 41.2 Å². The fourth-order valence-electron chi connectivity index (χ4n) is 12.7. The van der Waals surface area contributed by atoms with Gasteiger partial charge >= 0.3 is 6.01 Å². The molecule has 3 aromatic carbocycles. The van der Waals surface area contributed by atoms with Crippen molar-refractivity contribution in [3.8, 4) is 35.4 Å². The number of carbonyl (C=O) groups excluding carboxylic acids is 3. The predicted molar refractivity (Wildman–Crippen MR) is 259 cm³/mol. The first-order valence-corrected chi connectivity index (χ1v) is 25.0. The summed E-state index contributed by atoms with van der Waals surface area (Å²) in [4.78, 5) is 62.0. The third-order valence-corrected chi connectivity index (χ3v) is 16.4. The molecule has 7 aliphatic rings. The molecule has 368 valence electrons. The molecule has 6 fully saturated rings. The molecular weight excluding hydrogens is 914 g/mol. The summed E-state index contributed by atoms with van der Waals surface area (Å²) in [5, 5.41) is 17.8. The molecule has 2 aromatic heterocycles. The van der Waals surface area contributed by atoms with Crippen LogP contribution in [0.15, 0.2) is 42.6 Å². The largest absolute Gasteiger partial charge is 0.508 e. The van der Waals surface area contributed by atoms with Gasteiger partial charge < -0.3 is 34.8 Å². The summed E-state index contributed by atoms with van der Waals surface area (Å²) >= 11 is 0. The number of pyridine rings is 1. The number of fused-ring (bicyclic) bond motifs is 5. The maximum absolute atomic E-state index is 17.0. The normalized spacial score (nSPS) is 23.7. The van der Waals surface area contributed by atoms with E-state index in [1.807, 2.05) is 0 Å². The van der Waals surface area contributed by atoms with Crippen LogP contribution in [0, 0.1) is 41.1 Å². The van der Waals surface area contributed by atoms with Crippen LogP contribution in [0.5, 0.6) is 11.8 Å². The number of phenols is 1. The van der Waals surface area contributed by atoms with Gasteiger partial charge in [0.25, 0.3) is 5.91 Å². The van der Waals surface area contributed by atoms with Gasteiger partial charge in [-0.2, -0.15) is 9.97 Å². The Morgan fingerprint density at radius 2 is 1.65 bits per heavy atom. The van der Waals surface area contributed by atoms with Crippen LogP contribution in [0.4, 0.5) is 24.7 Å². The van der Waals surface area contributed by atoms with Crippen molar-refractivity contribution in [2.75, 3.05) is 81.9 Å². The van der Waals surface area contributed by atoms with Crippen LogP contribution in [-0.2, 0) is 16.1 Å². The van der Waals surface area contributed by atoms with E-state index in [1.165, 1.54) is 29.2 Å². The first kappa shape index (κ1) is 45.6. The number of benzene rings is 3. The van der Waals surface area contributed by atoms with Crippen LogP contribution in [-0.4, -0.2) is 143 Å². The molecule has 3 atom stereocenters. The molecule has 15 nitrogen and oxygen atoms in total. The molecule has 5 aromatic rings. The Kier molecular flexibility index (Phi) is 11.5. The highest BCUT2D eigenvalue weighted by atomic mass is 19.1. The first-order chi connectivity index (χ1) is 34.4. The quantitative estimate of drug-likeness (QED) is 0.122. The number of likely N-dealkylation sites (tertiary alicyclic amines) is 2. The van der Waals surface area contributed by atoms with Gasteiger partial charge in [-0.3, -0.25) is 29.6 Å². The maximum atomic E-state index is 17.0. The molecule has 6 saturated heterocycles. The van der Waals surface area contributed by atoms with Crippen molar-refractivity contribution in [3.05, 3.63) is 76.7 Å². The highest BCUT2D eigenvalue weighted by molar-refractivity contribution is 6.06. The van der Waals surface area contributed by atoms with Gasteiger partial charge in [0.05, 0.1) is 23.2 Å². The number of imide groups is 1. The SMILES string of the molecule is C#Cc1c(F)ccc2cc(O)cc(-c3ncc4c(N5CC6CCC(C5)N6)nc(OCCN5CCC6(CC5)CN(CC5CCN(c7ccc8c(c7F)CN(C7CCC(=O)NC7=O)C8=O)CC5)C6)nc4c3F)c12. The van der Waals surface area contributed by atoms with Crippen molar-refractivity contribution in [2.24, 2.45) is 11.3 Å². The minimum absolute atomic E-state index is 0.0173. The van der Waals surface area contributed by atoms with Gasteiger partial charge in [-0.25, -0.2) is 13.2 Å². The molecule has 2 bridgehead atoms. The maximum Gasteiger partial charge on any atom is 0.319 e. The van der Waals surface area contributed by atoms with Crippen molar-refractivity contribution in [3.63, 3.8) is 0 Å². The number of anilines is 2. The average Bonchev–Trinajstić information content (AvgIpc) is 3.88. The third kappa shape index (κ3) is 8.25. The van der Waals surface area contributed by atoms with E-state index in [2.05, 4.69) is 46.1 Å². The van der Waals surface area contributed by atoms with Gasteiger partial charge in [0, 0.05) is 99.1 Å². The molecule has 0 aliphatic carbocycles. The number of aromatic nitrogens is 3. The number of rotatable bonds is 10. The second kappa shape index (κ2) is 17.9. The Morgan fingerprint density at radius 1 is 0.873 bits per heavy atom. The van der Waals surface area contributed by atoms with Crippen molar-refractivity contribution >= 4 is 50.9 Å². The first-order valence-electron chi connectivity index (χ1n) is 25.0. The van der Waals surface area contributed by atoms with Gasteiger partial charge in [0.15, 0.2) is 11.6 Å². The number of nitrogens with one attached hydrogen (secondary N) is 2. The number of aromatic hydroxyl groups is 1. The van der Waals surface area contributed by atoms with Crippen LogP contribution in [0.2, 0.25) is 0 Å². The van der Waals surface area contributed by atoms with E-state index in [-0.39, 0.29) is 88.3 Å². The molecule has 0 saturated carbocycles. The molecule has 3 unspecified atom stereocenters. The predicted octanol–water partition coefficient (Wildman–Crippen LogP) is 5.34. The topological polar surface area (TPSA) is 160 Å². The molecule has 7 aliphatic heterocycles. The highest BCUT2D eigenvalue weighted by Crippen LogP contribution is 2.43. The summed E-state index contributed by atoms with van der Waals surface area (Å²) in [5.74, 6) is 0.294. The Hall–Kier alpha value is -6.55. The molecule has 0 radical (unpaired) electrons. The third-order valence-electron chi connectivity index (χ3n) is 16.4. The van der Waals surface area contributed by atoms with Crippen molar-refractivity contribution in [1.82, 2.24) is 40.3 Å². The van der Waals surface area contributed by atoms with Crippen LogP contribution >= 0.6 is 0 Å². The van der Waals surface area contributed by atoms with E-state index in [4.69, 9.17) is 16.1 Å². The van der Waals surface area contributed by atoms with Crippen molar-refractivity contribution in [2.45, 2.75) is 76.0 Å². The zero-order chi connectivity index (χ0) is 48.7. The fourth-order valence-corrected chi connectivity index (χ4v) is 12.7. The molecule has 71 heavy (non-hydrogen) atoms. The number of hydrogen-bond acceptors (Lipinski definition) is 13. The number of phenolic OH excluding ortho intramolecular Hbond substituents is 1. The monoisotopic (exact) mass is 968 g/mol.